The molecule has 1 atom stereocenters. The van der Waals surface area contributed by atoms with Crippen molar-refractivity contribution in [2.24, 2.45) is 0 Å². The number of sulfone groups is 1. The van der Waals surface area contributed by atoms with Gasteiger partial charge >= 0.3 is 0 Å². The third-order valence-electron chi connectivity index (χ3n) is 5.59. The zero-order valence-electron chi connectivity index (χ0n) is 15.3. The van der Waals surface area contributed by atoms with Crippen LogP contribution in [0.4, 0.5) is 0 Å². The van der Waals surface area contributed by atoms with Crippen molar-refractivity contribution in [2.75, 3.05) is 18.3 Å². The van der Waals surface area contributed by atoms with Crippen LogP contribution in [-0.4, -0.2) is 42.4 Å². The van der Waals surface area contributed by atoms with Crippen molar-refractivity contribution in [2.45, 2.75) is 38.3 Å². The van der Waals surface area contributed by atoms with Crippen LogP contribution in [0, 0.1) is 0 Å². The SMILES string of the molecule is O=C(NCc1ccc2c(c1)OCO2)c1c2c(nn1C1CCS(=O)(=O)C1)CCC2. The summed E-state index contributed by atoms with van der Waals surface area (Å²) in [6, 6.07) is 5.31. The first-order valence-corrected chi connectivity index (χ1v) is 11.3. The number of fused-ring (bicyclic) bond motifs is 2. The molecule has 8 nitrogen and oxygen atoms in total. The molecule has 0 spiro atoms. The molecule has 28 heavy (non-hydrogen) atoms. The molecule has 2 aromatic rings. The minimum absolute atomic E-state index is 0.0516. The number of amides is 1. The van der Waals surface area contributed by atoms with Crippen LogP contribution in [0.15, 0.2) is 18.2 Å². The van der Waals surface area contributed by atoms with Gasteiger partial charge in [0.1, 0.15) is 5.69 Å². The lowest BCUT2D eigenvalue weighted by molar-refractivity contribution is 0.0936. The van der Waals surface area contributed by atoms with Crippen molar-refractivity contribution in [3.63, 3.8) is 0 Å². The maximum absolute atomic E-state index is 13.0. The lowest BCUT2D eigenvalue weighted by atomic mass is 10.1. The van der Waals surface area contributed by atoms with E-state index in [2.05, 4.69) is 10.4 Å². The van der Waals surface area contributed by atoms with Gasteiger partial charge in [-0.3, -0.25) is 9.48 Å². The fraction of sp³-hybridized carbons (Fsp3) is 0.474. The Morgan fingerprint density at radius 1 is 1.25 bits per heavy atom. The Hall–Kier alpha value is -2.55. The van der Waals surface area contributed by atoms with Gasteiger partial charge in [0.15, 0.2) is 21.3 Å². The minimum atomic E-state index is -3.06. The second-order valence-electron chi connectivity index (χ2n) is 7.50. The molecule has 9 heteroatoms. The molecule has 1 unspecified atom stereocenters. The van der Waals surface area contributed by atoms with Gasteiger partial charge in [0.05, 0.1) is 23.2 Å². The van der Waals surface area contributed by atoms with Crippen LogP contribution in [0.25, 0.3) is 0 Å². The number of aryl methyl sites for hydroxylation is 1. The van der Waals surface area contributed by atoms with Crippen LogP contribution in [-0.2, 0) is 29.2 Å². The summed E-state index contributed by atoms with van der Waals surface area (Å²) in [5, 5.41) is 7.58. The molecule has 1 aromatic heterocycles. The van der Waals surface area contributed by atoms with E-state index in [0.29, 0.717) is 30.2 Å². The molecule has 0 bridgehead atoms. The molecule has 1 amide bonds. The van der Waals surface area contributed by atoms with Gasteiger partial charge in [-0.25, -0.2) is 8.42 Å². The van der Waals surface area contributed by atoms with Gasteiger partial charge in [-0.2, -0.15) is 5.10 Å². The first kappa shape index (κ1) is 17.5. The highest BCUT2D eigenvalue weighted by Crippen LogP contribution is 2.33. The van der Waals surface area contributed by atoms with E-state index in [1.165, 1.54) is 0 Å². The average Bonchev–Trinajstić information content (AvgIpc) is 3.41. The number of carbonyl (C=O) groups is 1. The molecule has 3 heterocycles. The second kappa shape index (κ2) is 6.51. The van der Waals surface area contributed by atoms with E-state index in [1.807, 2.05) is 18.2 Å². The Morgan fingerprint density at radius 3 is 2.93 bits per heavy atom. The first-order valence-electron chi connectivity index (χ1n) is 9.47. The normalized spacial score (nSPS) is 21.6. The highest BCUT2D eigenvalue weighted by Gasteiger charge is 2.35. The van der Waals surface area contributed by atoms with Crippen LogP contribution < -0.4 is 14.8 Å². The summed E-state index contributed by atoms with van der Waals surface area (Å²) in [4.78, 5) is 13.0. The van der Waals surface area contributed by atoms with Crippen molar-refractivity contribution < 1.29 is 22.7 Å². The molecular formula is C19H21N3O5S. The molecule has 3 aliphatic rings. The largest absolute Gasteiger partial charge is 0.454 e. The number of rotatable bonds is 4. The summed E-state index contributed by atoms with van der Waals surface area (Å²) in [5.74, 6) is 1.37. The van der Waals surface area contributed by atoms with Crippen LogP contribution in [0.5, 0.6) is 11.5 Å². The van der Waals surface area contributed by atoms with Crippen molar-refractivity contribution in [3.05, 3.63) is 40.7 Å². The third kappa shape index (κ3) is 3.03. The van der Waals surface area contributed by atoms with E-state index in [9.17, 15) is 13.2 Å². The number of benzene rings is 1. The zero-order chi connectivity index (χ0) is 19.3. The van der Waals surface area contributed by atoms with Gasteiger partial charge in [0, 0.05) is 12.1 Å². The fourth-order valence-electron chi connectivity index (χ4n) is 4.20. The molecule has 2 aliphatic heterocycles. The summed E-state index contributed by atoms with van der Waals surface area (Å²) in [6.07, 6.45) is 3.13. The standard InChI is InChI=1S/C19H21N3O5S/c23-19(20-9-12-4-5-16-17(8-12)27-11-26-16)18-14-2-1-3-15(14)21-22(18)13-6-7-28(24,25)10-13/h4-5,8,13H,1-3,6-7,9-11H2,(H,20,23). The van der Waals surface area contributed by atoms with E-state index >= 15 is 0 Å². The third-order valence-corrected chi connectivity index (χ3v) is 7.34. The number of hydrogen-bond donors (Lipinski definition) is 1. The van der Waals surface area contributed by atoms with Crippen LogP contribution in [0.1, 0.15) is 46.2 Å². The molecule has 1 fully saturated rings. The van der Waals surface area contributed by atoms with Crippen molar-refractivity contribution in [1.29, 1.82) is 0 Å². The Morgan fingerprint density at radius 2 is 2.11 bits per heavy atom. The van der Waals surface area contributed by atoms with Crippen LogP contribution in [0.2, 0.25) is 0 Å². The van der Waals surface area contributed by atoms with Gasteiger partial charge in [0.2, 0.25) is 6.79 Å². The number of ether oxygens (including phenoxy) is 2. The lowest BCUT2D eigenvalue weighted by Gasteiger charge is -2.15. The Labute approximate surface area is 162 Å². The lowest BCUT2D eigenvalue weighted by Crippen LogP contribution is -2.28. The molecule has 0 radical (unpaired) electrons. The molecule has 1 aromatic carbocycles. The number of hydrogen-bond acceptors (Lipinski definition) is 6. The number of aromatic nitrogens is 2. The number of nitrogens with one attached hydrogen (secondary N) is 1. The molecule has 148 valence electrons. The van der Waals surface area contributed by atoms with Gasteiger partial charge in [-0.15, -0.1) is 0 Å². The van der Waals surface area contributed by atoms with Gasteiger partial charge in [0.25, 0.3) is 5.91 Å². The van der Waals surface area contributed by atoms with Crippen molar-refractivity contribution >= 4 is 15.7 Å². The first-order chi connectivity index (χ1) is 13.5. The highest BCUT2D eigenvalue weighted by molar-refractivity contribution is 7.91. The summed E-state index contributed by atoms with van der Waals surface area (Å²) >= 11 is 0. The zero-order valence-corrected chi connectivity index (χ0v) is 16.1. The summed E-state index contributed by atoms with van der Waals surface area (Å²) in [7, 11) is -3.06. The predicted molar refractivity (Wildman–Crippen MR) is 100 cm³/mol. The van der Waals surface area contributed by atoms with E-state index in [4.69, 9.17) is 9.47 Å². The van der Waals surface area contributed by atoms with Gasteiger partial charge in [-0.1, -0.05) is 6.07 Å². The summed E-state index contributed by atoms with van der Waals surface area (Å²) in [6.45, 7) is 0.555. The second-order valence-corrected chi connectivity index (χ2v) is 9.73. The van der Waals surface area contributed by atoms with E-state index in [-0.39, 0.29) is 30.2 Å². The monoisotopic (exact) mass is 403 g/mol. The van der Waals surface area contributed by atoms with E-state index < -0.39 is 9.84 Å². The average molecular weight is 403 g/mol. The van der Waals surface area contributed by atoms with Crippen molar-refractivity contribution in [3.8, 4) is 11.5 Å². The molecule has 5 rings (SSSR count). The van der Waals surface area contributed by atoms with Gasteiger partial charge in [-0.05, 0) is 43.4 Å². The Balaban J connectivity index is 1.38. The smallest absolute Gasteiger partial charge is 0.270 e. The summed E-state index contributed by atoms with van der Waals surface area (Å²) < 4.78 is 36.2. The quantitative estimate of drug-likeness (QED) is 0.828. The predicted octanol–water partition coefficient (Wildman–Crippen LogP) is 1.39. The number of nitrogens with zero attached hydrogens (tertiary/aromatic N) is 2. The number of carbonyl (C=O) groups excluding carboxylic acids is 1. The molecular weight excluding hydrogens is 382 g/mol. The molecule has 0 saturated carbocycles. The van der Waals surface area contributed by atoms with E-state index in [0.717, 1.165) is 36.1 Å². The molecule has 1 saturated heterocycles. The van der Waals surface area contributed by atoms with Crippen LogP contribution in [0.3, 0.4) is 0 Å². The topological polar surface area (TPSA) is 99.5 Å². The van der Waals surface area contributed by atoms with Crippen LogP contribution >= 0.6 is 0 Å². The minimum Gasteiger partial charge on any atom is -0.454 e. The summed E-state index contributed by atoms with van der Waals surface area (Å²) in [5.41, 5.74) is 3.32. The maximum atomic E-state index is 13.0. The highest BCUT2D eigenvalue weighted by atomic mass is 32.2. The Kier molecular flexibility index (Phi) is 4.08. The molecule has 1 N–H and O–H groups in total. The fourth-order valence-corrected chi connectivity index (χ4v) is 5.89. The van der Waals surface area contributed by atoms with Crippen molar-refractivity contribution in [1.82, 2.24) is 15.1 Å². The Bertz CT molecular complexity index is 1060. The maximum Gasteiger partial charge on any atom is 0.270 e. The van der Waals surface area contributed by atoms with Gasteiger partial charge < -0.3 is 14.8 Å². The van der Waals surface area contributed by atoms with E-state index in [1.54, 1.807) is 4.68 Å². The molecule has 1 aliphatic carbocycles.